The molecule has 2 amide bonds. The van der Waals surface area contributed by atoms with E-state index < -0.39 is 6.04 Å². The van der Waals surface area contributed by atoms with Crippen molar-refractivity contribution in [2.24, 2.45) is 5.92 Å². The Morgan fingerprint density at radius 1 is 1.03 bits per heavy atom. The molecule has 1 atom stereocenters. The van der Waals surface area contributed by atoms with Crippen molar-refractivity contribution in [1.29, 1.82) is 0 Å². The number of hydrogen-bond acceptors (Lipinski definition) is 5. The number of carbonyl (C=O) groups is 2. The molecule has 3 aromatic rings. The first kappa shape index (κ1) is 26.3. The largest absolute Gasteiger partial charge is 0.342 e. The fourth-order valence-electron chi connectivity index (χ4n) is 3.22. The number of rotatable bonds is 9. The van der Waals surface area contributed by atoms with Crippen molar-refractivity contribution in [3.63, 3.8) is 0 Å². The maximum absolute atomic E-state index is 12.9. The Morgan fingerprint density at radius 2 is 1.71 bits per heavy atom. The Kier molecular flexibility index (Phi) is 9.24. The summed E-state index contributed by atoms with van der Waals surface area (Å²) in [6, 6.07) is 11.2. The maximum Gasteiger partial charge on any atom is 0.253 e. The molecule has 0 spiro atoms. The standard InChI is InChI=1S/C23H24Cl3N5O2S/c1-4-31-21(20(13(2)3)28-22(33)17-10-7-15(25)11-18(17)26)29-30-23(31)34-12-19(32)27-16-8-5-14(24)6-9-16/h5-11,13,20H,4,12H2,1-3H3,(H,27,32)(H,28,33)/t20-/m1/s1. The number of benzene rings is 2. The number of anilines is 1. The third-order valence-electron chi connectivity index (χ3n) is 4.93. The number of halogens is 3. The van der Waals surface area contributed by atoms with Crippen LogP contribution in [0.3, 0.4) is 0 Å². The number of amides is 2. The summed E-state index contributed by atoms with van der Waals surface area (Å²) >= 11 is 19.3. The zero-order chi connectivity index (χ0) is 24.8. The predicted octanol–water partition coefficient (Wildman–Crippen LogP) is 6.12. The van der Waals surface area contributed by atoms with Crippen molar-refractivity contribution in [2.45, 2.75) is 38.5 Å². The van der Waals surface area contributed by atoms with Gasteiger partial charge in [-0.05, 0) is 55.3 Å². The summed E-state index contributed by atoms with van der Waals surface area (Å²) in [6.45, 7) is 6.50. The maximum atomic E-state index is 12.9. The van der Waals surface area contributed by atoms with Crippen molar-refractivity contribution < 1.29 is 9.59 Å². The Labute approximate surface area is 217 Å². The van der Waals surface area contributed by atoms with Crippen LogP contribution in [0.4, 0.5) is 5.69 Å². The second-order valence-corrected chi connectivity index (χ2v) is 9.97. The molecule has 0 bridgehead atoms. The first-order chi connectivity index (χ1) is 16.2. The molecule has 0 fully saturated rings. The number of aromatic nitrogens is 3. The second-order valence-electron chi connectivity index (χ2n) is 7.75. The van der Waals surface area contributed by atoms with Gasteiger partial charge in [-0.15, -0.1) is 10.2 Å². The van der Waals surface area contributed by atoms with Gasteiger partial charge < -0.3 is 15.2 Å². The molecular weight excluding hydrogens is 517 g/mol. The summed E-state index contributed by atoms with van der Waals surface area (Å²) in [5, 5.41) is 16.4. The topological polar surface area (TPSA) is 88.9 Å². The highest BCUT2D eigenvalue weighted by Crippen LogP contribution is 2.27. The Hall–Kier alpha value is -2.26. The molecule has 0 aliphatic rings. The van der Waals surface area contributed by atoms with Crippen LogP contribution in [0.5, 0.6) is 0 Å². The van der Waals surface area contributed by atoms with Crippen LogP contribution in [0.2, 0.25) is 15.1 Å². The van der Waals surface area contributed by atoms with Gasteiger partial charge in [0.05, 0.1) is 22.4 Å². The van der Waals surface area contributed by atoms with Crippen molar-refractivity contribution >= 4 is 64.1 Å². The van der Waals surface area contributed by atoms with E-state index in [1.54, 1.807) is 36.4 Å². The van der Waals surface area contributed by atoms with E-state index in [2.05, 4.69) is 20.8 Å². The summed E-state index contributed by atoms with van der Waals surface area (Å²) < 4.78 is 1.90. The molecule has 0 unspecified atom stereocenters. The van der Waals surface area contributed by atoms with Gasteiger partial charge in [0.1, 0.15) is 0 Å². The molecule has 1 heterocycles. The van der Waals surface area contributed by atoms with E-state index in [1.165, 1.54) is 17.8 Å². The van der Waals surface area contributed by atoms with E-state index in [0.717, 1.165) is 0 Å². The molecule has 1 aromatic heterocycles. The minimum absolute atomic E-state index is 0.0237. The van der Waals surface area contributed by atoms with E-state index in [9.17, 15) is 9.59 Å². The third kappa shape index (κ3) is 6.66. The first-order valence-electron chi connectivity index (χ1n) is 10.6. The summed E-state index contributed by atoms with van der Waals surface area (Å²) in [7, 11) is 0. The smallest absolute Gasteiger partial charge is 0.253 e. The molecule has 2 aromatic carbocycles. The zero-order valence-electron chi connectivity index (χ0n) is 18.8. The minimum atomic E-state index is -0.413. The molecule has 7 nitrogen and oxygen atoms in total. The predicted molar refractivity (Wildman–Crippen MR) is 138 cm³/mol. The lowest BCUT2D eigenvalue weighted by molar-refractivity contribution is -0.113. The lowest BCUT2D eigenvalue weighted by Crippen LogP contribution is -2.34. The molecule has 34 heavy (non-hydrogen) atoms. The van der Waals surface area contributed by atoms with E-state index in [4.69, 9.17) is 34.8 Å². The van der Waals surface area contributed by atoms with Crippen molar-refractivity contribution in [2.75, 3.05) is 11.1 Å². The van der Waals surface area contributed by atoms with Gasteiger partial charge in [-0.2, -0.15) is 0 Å². The van der Waals surface area contributed by atoms with Gasteiger partial charge in [-0.25, -0.2) is 0 Å². The van der Waals surface area contributed by atoms with Crippen LogP contribution in [-0.4, -0.2) is 32.3 Å². The molecule has 0 saturated heterocycles. The van der Waals surface area contributed by atoms with E-state index >= 15 is 0 Å². The second kappa shape index (κ2) is 11.9. The molecule has 0 saturated carbocycles. The molecule has 2 N–H and O–H groups in total. The van der Waals surface area contributed by atoms with Gasteiger partial charge in [-0.3, -0.25) is 9.59 Å². The molecule has 0 radical (unpaired) electrons. The fourth-order valence-corrected chi connectivity index (χ4v) is 4.65. The summed E-state index contributed by atoms with van der Waals surface area (Å²) in [6.07, 6.45) is 0. The van der Waals surface area contributed by atoms with Crippen molar-refractivity contribution in [3.05, 3.63) is 68.9 Å². The van der Waals surface area contributed by atoms with Crippen LogP contribution in [0, 0.1) is 5.92 Å². The highest BCUT2D eigenvalue weighted by atomic mass is 35.5. The molecule has 0 aliphatic carbocycles. The van der Waals surface area contributed by atoms with Gasteiger partial charge in [-0.1, -0.05) is 60.4 Å². The summed E-state index contributed by atoms with van der Waals surface area (Å²) in [5.41, 5.74) is 0.990. The molecule has 11 heteroatoms. The fraction of sp³-hybridized carbons (Fsp3) is 0.304. The molecule has 3 rings (SSSR count). The van der Waals surface area contributed by atoms with Gasteiger partial charge in [0.15, 0.2) is 11.0 Å². The van der Waals surface area contributed by atoms with Crippen LogP contribution in [0.15, 0.2) is 47.6 Å². The van der Waals surface area contributed by atoms with Gasteiger partial charge in [0.25, 0.3) is 5.91 Å². The van der Waals surface area contributed by atoms with Gasteiger partial charge in [0.2, 0.25) is 5.91 Å². The highest BCUT2D eigenvalue weighted by molar-refractivity contribution is 7.99. The number of carbonyl (C=O) groups excluding carboxylic acids is 2. The van der Waals surface area contributed by atoms with E-state index in [1.807, 2.05) is 25.3 Å². The quantitative estimate of drug-likeness (QED) is 0.319. The number of nitrogens with zero attached hydrogens (tertiary/aromatic N) is 3. The highest BCUT2D eigenvalue weighted by Gasteiger charge is 2.27. The van der Waals surface area contributed by atoms with Crippen LogP contribution in [-0.2, 0) is 11.3 Å². The normalized spacial score (nSPS) is 12.0. The lowest BCUT2D eigenvalue weighted by atomic mass is 10.0. The lowest BCUT2D eigenvalue weighted by Gasteiger charge is -2.22. The number of hydrogen-bond donors (Lipinski definition) is 2. The SMILES string of the molecule is CCn1c(SCC(=O)Nc2ccc(Cl)cc2)nnc1[C@H](NC(=O)c1ccc(Cl)cc1Cl)C(C)C. The van der Waals surface area contributed by atoms with Crippen LogP contribution < -0.4 is 10.6 Å². The van der Waals surface area contributed by atoms with Crippen LogP contribution >= 0.6 is 46.6 Å². The van der Waals surface area contributed by atoms with Crippen molar-refractivity contribution in [3.8, 4) is 0 Å². The van der Waals surface area contributed by atoms with Gasteiger partial charge in [0, 0.05) is 22.3 Å². The van der Waals surface area contributed by atoms with Crippen molar-refractivity contribution in [1.82, 2.24) is 20.1 Å². The monoisotopic (exact) mass is 539 g/mol. The summed E-state index contributed by atoms with van der Waals surface area (Å²) in [4.78, 5) is 25.3. The third-order valence-corrected chi connectivity index (χ3v) is 6.70. The Balaban J connectivity index is 1.72. The molecule has 0 aliphatic heterocycles. The zero-order valence-corrected chi connectivity index (χ0v) is 21.9. The Bertz CT molecular complexity index is 1170. The Morgan fingerprint density at radius 3 is 2.32 bits per heavy atom. The molecule has 180 valence electrons. The van der Waals surface area contributed by atoms with Gasteiger partial charge >= 0.3 is 0 Å². The summed E-state index contributed by atoms with van der Waals surface area (Å²) in [5.74, 6) is 0.278. The van der Waals surface area contributed by atoms with Crippen LogP contribution in [0.1, 0.15) is 43.0 Å². The number of thioether (sulfide) groups is 1. The molecular formula is C23H24Cl3N5O2S. The number of nitrogens with one attached hydrogen (secondary N) is 2. The first-order valence-corrected chi connectivity index (χ1v) is 12.7. The average Bonchev–Trinajstić information content (AvgIpc) is 3.19. The van der Waals surface area contributed by atoms with Crippen LogP contribution in [0.25, 0.3) is 0 Å². The average molecular weight is 541 g/mol. The van der Waals surface area contributed by atoms with E-state index in [-0.39, 0.29) is 28.5 Å². The minimum Gasteiger partial charge on any atom is -0.342 e. The van der Waals surface area contributed by atoms with E-state index in [0.29, 0.717) is 38.8 Å².